The summed E-state index contributed by atoms with van der Waals surface area (Å²) in [6, 6.07) is 11.7. The molecule has 0 aliphatic rings. The van der Waals surface area contributed by atoms with Gasteiger partial charge in [0.25, 0.3) is 0 Å². The molecule has 22 heavy (non-hydrogen) atoms. The van der Waals surface area contributed by atoms with E-state index in [1.54, 1.807) is 12.3 Å². The van der Waals surface area contributed by atoms with Gasteiger partial charge in [0.05, 0.1) is 0 Å². The number of hydrogen-bond acceptors (Lipinski definition) is 2. The molecule has 0 unspecified atom stereocenters. The number of aromatic nitrogens is 2. The number of phenols is 1. The first kappa shape index (κ1) is 14.3. The summed E-state index contributed by atoms with van der Waals surface area (Å²) in [5.74, 6) is 0.214. The molecule has 110 valence electrons. The minimum atomic E-state index is 0.214. The summed E-state index contributed by atoms with van der Waals surface area (Å²) < 4.78 is 2.12. The molecule has 0 saturated carbocycles. The van der Waals surface area contributed by atoms with E-state index in [4.69, 9.17) is 0 Å². The predicted molar refractivity (Wildman–Crippen MR) is 89.3 cm³/mol. The molecule has 1 aromatic carbocycles. The van der Waals surface area contributed by atoms with Gasteiger partial charge in [-0.15, -0.1) is 0 Å². The molecule has 2 aromatic heterocycles. The normalized spacial score (nSPS) is 11.4. The van der Waals surface area contributed by atoms with E-state index >= 15 is 0 Å². The molecule has 0 atom stereocenters. The number of nitrogens with zero attached hydrogens (tertiary/aromatic N) is 2. The Kier molecular flexibility index (Phi) is 3.88. The molecule has 0 fully saturated rings. The van der Waals surface area contributed by atoms with Gasteiger partial charge in [-0.05, 0) is 36.3 Å². The van der Waals surface area contributed by atoms with Crippen LogP contribution in [0.1, 0.15) is 23.7 Å². The molecule has 0 saturated heterocycles. The van der Waals surface area contributed by atoms with Crippen LogP contribution in [-0.2, 0) is 13.5 Å². The summed E-state index contributed by atoms with van der Waals surface area (Å²) in [5.41, 5.74) is 4.12. The first-order valence-electron chi connectivity index (χ1n) is 7.42. The summed E-state index contributed by atoms with van der Waals surface area (Å²) in [5, 5.41) is 10.8. The summed E-state index contributed by atoms with van der Waals surface area (Å²) in [6.07, 6.45) is 9.05. The zero-order valence-corrected chi connectivity index (χ0v) is 12.8. The Bertz CT molecular complexity index is 853. The molecule has 0 spiro atoms. The van der Waals surface area contributed by atoms with Gasteiger partial charge in [0.1, 0.15) is 18.3 Å². The fourth-order valence-electron chi connectivity index (χ4n) is 2.56. The number of para-hydroxylation sites is 1. The van der Waals surface area contributed by atoms with E-state index in [-0.39, 0.29) is 5.75 Å². The van der Waals surface area contributed by atoms with Crippen LogP contribution in [0.25, 0.3) is 23.1 Å². The molecule has 3 heteroatoms. The fourth-order valence-corrected chi connectivity index (χ4v) is 2.56. The van der Waals surface area contributed by atoms with Crippen molar-refractivity contribution in [1.29, 1.82) is 0 Å². The van der Waals surface area contributed by atoms with Gasteiger partial charge in [-0.25, -0.2) is 4.57 Å². The second kappa shape index (κ2) is 5.98. The summed E-state index contributed by atoms with van der Waals surface area (Å²) in [6.45, 7) is 2.15. The molecule has 3 aromatic rings. The molecule has 0 bridgehead atoms. The van der Waals surface area contributed by atoms with E-state index in [9.17, 15) is 5.11 Å². The van der Waals surface area contributed by atoms with Gasteiger partial charge < -0.3 is 5.11 Å². The van der Waals surface area contributed by atoms with Gasteiger partial charge in [-0.2, -0.15) is 0 Å². The van der Waals surface area contributed by atoms with Gasteiger partial charge in [0.15, 0.2) is 6.20 Å². The van der Waals surface area contributed by atoms with Gasteiger partial charge in [-0.3, -0.25) is 4.98 Å². The van der Waals surface area contributed by atoms with Crippen LogP contribution in [0.2, 0.25) is 0 Å². The third-order valence-electron chi connectivity index (χ3n) is 3.86. The Hall–Kier alpha value is -2.68. The standard InChI is InChI=1S/C19H18N2O/c1-3-14-7-9-16(21(2)13-14)10-8-15-11-12-20-19-17(15)5-4-6-18(19)22/h4-13H,3H2,1-2H3/p+1. The Balaban J connectivity index is 2.01. The lowest BCUT2D eigenvalue weighted by Crippen LogP contribution is -2.31. The predicted octanol–water partition coefficient (Wildman–Crippen LogP) is 3.50. The van der Waals surface area contributed by atoms with Crippen molar-refractivity contribution in [1.82, 2.24) is 4.98 Å². The van der Waals surface area contributed by atoms with Crippen LogP contribution in [0, 0.1) is 0 Å². The quantitative estimate of drug-likeness (QED) is 0.750. The lowest BCUT2D eigenvalue weighted by molar-refractivity contribution is -0.673. The van der Waals surface area contributed by atoms with Crippen molar-refractivity contribution in [2.75, 3.05) is 0 Å². The van der Waals surface area contributed by atoms with Gasteiger partial charge in [0.2, 0.25) is 5.69 Å². The molecular formula is C19H19N2O+. The zero-order valence-electron chi connectivity index (χ0n) is 12.8. The van der Waals surface area contributed by atoms with Gasteiger partial charge in [0, 0.05) is 29.3 Å². The maximum absolute atomic E-state index is 9.89. The SMILES string of the molecule is CCc1ccc(/C=C/c2ccnc3c(O)cccc23)[n+](C)c1. The van der Waals surface area contributed by atoms with Crippen LogP contribution in [0.4, 0.5) is 0 Å². The van der Waals surface area contributed by atoms with Crippen molar-refractivity contribution in [3.8, 4) is 5.75 Å². The third kappa shape index (κ3) is 2.70. The van der Waals surface area contributed by atoms with Crippen molar-refractivity contribution in [3.63, 3.8) is 0 Å². The highest BCUT2D eigenvalue weighted by molar-refractivity contribution is 5.93. The van der Waals surface area contributed by atoms with Crippen LogP contribution >= 0.6 is 0 Å². The largest absolute Gasteiger partial charge is 0.506 e. The lowest BCUT2D eigenvalue weighted by atomic mass is 10.1. The van der Waals surface area contributed by atoms with Crippen LogP contribution in [0.3, 0.4) is 0 Å². The molecule has 3 rings (SSSR count). The highest BCUT2D eigenvalue weighted by atomic mass is 16.3. The number of pyridine rings is 2. The minimum Gasteiger partial charge on any atom is -0.506 e. The molecule has 0 aliphatic carbocycles. The number of hydrogen-bond donors (Lipinski definition) is 1. The molecule has 2 heterocycles. The molecule has 3 nitrogen and oxygen atoms in total. The van der Waals surface area contributed by atoms with Crippen LogP contribution in [0.5, 0.6) is 5.75 Å². The number of aromatic hydroxyl groups is 1. The van der Waals surface area contributed by atoms with Crippen molar-refractivity contribution < 1.29 is 9.67 Å². The van der Waals surface area contributed by atoms with E-state index in [2.05, 4.69) is 54.0 Å². The van der Waals surface area contributed by atoms with E-state index in [1.807, 2.05) is 18.2 Å². The van der Waals surface area contributed by atoms with Crippen LogP contribution < -0.4 is 4.57 Å². The molecule has 0 radical (unpaired) electrons. The first-order chi connectivity index (χ1) is 10.7. The highest BCUT2D eigenvalue weighted by Gasteiger charge is 2.06. The second-order valence-corrected chi connectivity index (χ2v) is 5.33. The Morgan fingerprint density at radius 1 is 1.14 bits per heavy atom. The summed E-state index contributed by atoms with van der Waals surface area (Å²) in [4.78, 5) is 4.25. The summed E-state index contributed by atoms with van der Waals surface area (Å²) >= 11 is 0. The highest BCUT2D eigenvalue weighted by Crippen LogP contribution is 2.25. The monoisotopic (exact) mass is 291 g/mol. The zero-order chi connectivity index (χ0) is 15.5. The maximum Gasteiger partial charge on any atom is 0.204 e. The number of aryl methyl sites for hydroxylation is 2. The smallest absolute Gasteiger partial charge is 0.204 e. The van der Waals surface area contributed by atoms with Crippen molar-refractivity contribution in [3.05, 3.63) is 65.6 Å². The van der Waals surface area contributed by atoms with E-state index in [0.717, 1.165) is 23.1 Å². The number of benzene rings is 1. The van der Waals surface area contributed by atoms with Crippen molar-refractivity contribution in [2.24, 2.45) is 7.05 Å². The van der Waals surface area contributed by atoms with E-state index in [0.29, 0.717) is 5.52 Å². The minimum absolute atomic E-state index is 0.214. The van der Waals surface area contributed by atoms with Gasteiger partial charge in [-0.1, -0.05) is 19.1 Å². The Morgan fingerprint density at radius 3 is 2.77 bits per heavy atom. The van der Waals surface area contributed by atoms with E-state index < -0.39 is 0 Å². The number of phenolic OH excluding ortho intramolecular Hbond substituents is 1. The Morgan fingerprint density at radius 2 is 2.00 bits per heavy atom. The van der Waals surface area contributed by atoms with Crippen molar-refractivity contribution in [2.45, 2.75) is 13.3 Å². The van der Waals surface area contributed by atoms with Crippen molar-refractivity contribution >= 4 is 23.1 Å². The number of fused-ring (bicyclic) bond motifs is 1. The fraction of sp³-hybridized carbons (Fsp3) is 0.158. The molecule has 0 amide bonds. The first-order valence-corrected chi connectivity index (χ1v) is 7.42. The Labute approximate surface area is 130 Å². The second-order valence-electron chi connectivity index (χ2n) is 5.33. The maximum atomic E-state index is 9.89. The average molecular weight is 291 g/mol. The summed E-state index contributed by atoms with van der Waals surface area (Å²) in [7, 11) is 2.05. The van der Waals surface area contributed by atoms with Gasteiger partial charge >= 0.3 is 0 Å². The van der Waals surface area contributed by atoms with Crippen LogP contribution in [0.15, 0.2) is 48.8 Å². The average Bonchev–Trinajstić information content (AvgIpc) is 2.54. The van der Waals surface area contributed by atoms with Crippen LogP contribution in [-0.4, -0.2) is 10.1 Å². The lowest BCUT2D eigenvalue weighted by Gasteiger charge is -2.03. The van der Waals surface area contributed by atoms with E-state index in [1.165, 1.54) is 5.56 Å². The molecule has 1 N–H and O–H groups in total. The third-order valence-corrected chi connectivity index (χ3v) is 3.86. The topological polar surface area (TPSA) is 37.0 Å². The number of rotatable bonds is 3. The molecule has 0 aliphatic heterocycles. The molecular weight excluding hydrogens is 272 g/mol.